The number of aliphatic hydroxyl groups is 1. The van der Waals surface area contributed by atoms with Crippen LogP contribution in [0.2, 0.25) is 0 Å². The first-order valence-corrected chi connectivity index (χ1v) is 14.1. The fourth-order valence-corrected chi connectivity index (χ4v) is 5.97. The molecule has 1 N–H and O–H groups in total. The highest BCUT2D eigenvalue weighted by atomic mass is 16.5. The maximum atomic E-state index is 12.9. The predicted molar refractivity (Wildman–Crippen MR) is 167 cm³/mol. The largest absolute Gasteiger partial charge is 0.508 e. The molecule has 0 heterocycles. The van der Waals surface area contributed by atoms with Crippen LogP contribution in [0.15, 0.2) is 120 Å². The van der Waals surface area contributed by atoms with E-state index < -0.39 is 0 Å². The van der Waals surface area contributed by atoms with E-state index in [-0.39, 0.29) is 23.4 Å². The Kier molecular flexibility index (Phi) is 7.30. The Hall–Kier alpha value is -4.83. The van der Waals surface area contributed by atoms with Gasteiger partial charge in [0.2, 0.25) is 0 Å². The normalized spacial score (nSPS) is 18.1. The van der Waals surface area contributed by atoms with Gasteiger partial charge in [-0.2, -0.15) is 0 Å². The molecule has 2 unspecified atom stereocenters. The molecule has 41 heavy (non-hydrogen) atoms. The van der Waals surface area contributed by atoms with Crippen molar-refractivity contribution in [1.82, 2.24) is 0 Å². The van der Waals surface area contributed by atoms with Gasteiger partial charge in [0.1, 0.15) is 17.3 Å². The molecule has 4 heteroatoms. The summed E-state index contributed by atoms with van der Waals surface area (Å²) in [7, 11) is 0. The number of aliphatic hydroxyl groups excluding tert-OH is 1. The van der Waals surface area contributed by atoms with E-state index in [1.54, 1.807) is 6.08 Å². The van der Waals surface area contributed by atoms with E-state index >= 15 is 0 Å². The minimum absolute atomic E-state index is 0.113. The zero-order valence-corrected chi connectivity index (χ0v) is 23.2. The van der Waals surface area contributed by atoms with Crippen LogP contribution in [0.3, 0.4) is 0 Å². The molecule has 0 spiro atoms. The average Bonchev–Trinajstić information content (AvgIpc) is 2.97. The molecule has 6 rings (SSSR count). The summed E-state index contributed by atoms with van der Waals surface area (Å²) in [6.07, 6.45) is 12.2. The van der Waals surface area contributed by atoms with Gasteiger partial charge in [-0.15, -0.1) is 0 Å². The summed E-state index contributed by atoms with van der Waals surface area (Å²) in [5, 5.41) is 15.4. The van der Waals surface area contributed by atoms with Crippen molar-refractivity contribution in [2.75, 3.05) is 13.2 Å². The zero-order valence-electron chi connectivity index (χ0n) is 23.2. The van der Waals surface area contributed by atoms with Crippen molar-refractivity contribution < 1.29 is 19.4 Å². The molecule has 0 saturated carbocycles. The van der Waals surface area contributed by atoms with Crippen molar-refractivity contribution in [3.8, 4) is 0 Å². The molecule has 2 aliphatic rings. The van der Waals surface area contributed by atoms with Crippen molar-refractivity contribution in [3.05, 3.63) is 143 Å². The summed E-state index contributed by atoms with van der Waals surface area (Å²) in [5.41, 5.74) is 4.44. The van der Waals surface area contributed by atoms with Crippen molar-refractivity contribution in [3.63, 3.8) is 0 Å². The third-order valence-electron chi connectivity index (χ3n) is 7.64. The lowest BCUT2D eigenvalue weighted by molar-refractivity contribution is -0.110. The first kappa shape index (κ1) is 26.4. The second-order valence-electron chi connectivity index (χ2n) is 10.2. The summed E-state index contributed by atoms with van der Waals surface area (Å²) in [6, 6.07) is 24.9. The minimum atomic E-state index is -0.300. The number of carbonyl (C=O) groups excluding carboxylic acids is 1. The number of benzene rings is 4. The van der Waals surface area contributed by atoms with Crippen molar-refractivity contribution >= 4 is 39.5 Å². The molecular weight excluding hydrogens is 508 g/mol. The summed E-state index contributed by atoms with van der Waals surface area (Å²) >= 11 is 0. The maximum absolute atomic E-state index is 12.9. The molecule has 0 saturated heterocycles. The van der Waals surface area contributed by atoms with Crippen LogP contribution < -0.4 is 0 Å². The average molecular weight is 541 g/mol. The molecule has 4 nitrogen and oxygen atoms in total. The highest BCUT2D eigenvalue weighted by Gasteiger charge is 2.25. The quantitative estimate of drug-likeness (QED) is 0.131. The van der Waals surface area contributed by atoms with Gasteiger partial charge in [0.15, 0.2) is 5.78 Å². The number of allylic oxidation sites excluding steroid dienone is 5. The number of rotatable bonds is 9. The minimum Gasteiger partial charge on any atom is -0.508 e. The third kappa shape index (κ3) is 5.09. The van der Waals surface area contributed by atoms with Gasteiger partial charge in [0.25, 0.3) is 0 Å². The molecule has 0 fully saturated rings. The van der Waals surface area contributed by atoms with Crippen molar-refractivity contribution in [2.24, 2.45) is 0 Å². The van der Waals surface area contributed by atoms with Gasteiger partial charge in [0, 0.05) is 6.08 Å². The number of carbonyl (C=O) groups is 1. The van der Waals surface area contributed by atoms with Crippen LogP contribution >= 0.6 is 0 Å². The lowest BCUT2D eigenvalue weighted by atomic mass is 9.84. The highest BCUT2D eigenvalue weighted by Crippen LogP contribution is 2.41. The molecule has 0 bridgehead atoms. The van der Waals surface area contributed by atoms with E-state index in [9.17, 15) is 9.90 Å². The predicted octanol–water partition coefficient (Wildman–Crippen LogP) is 8.77. The van der Waals surface area contributed by atoms with E-state index in [2.05, 4.69) is 60.7 Å². The summed E-state index contributed by atoms with van der Waals surface area (Å²) in [5.74, 6) is 0.847. The smallest absolute Gasteiger partial charge is 0.182 e. The summed E-state index contributed by atoms with van der Waals surface area (Å²) < 4.78 is 12.0. The molecule has 4 aromatic rings. The summed E-state index contributed by atoms with van der Waals surface area (Å²) in [4.78, 5) is 12.9. The van der Waals surface area contributed by atoms with E-state index in [1.165, 1.54) is 22.9 Å². The second kappa shape index (κ2) is 11.3. The Morgan fingerprint density at radius 1 is 0.707 bits per heavy atom. The molecule has 0 amide bonds. The topological polar surface area (TPSA) is 55.8 Å². The van der Waals surface area contributed by atoms with Gasteiger partial charge in [-0.3, -0.25) is 4.79 Å². The molecule has 204 valence electrons. The van der Waals surface area contributed by atoms with E-state index in [0.29, 0.717) is 13.2 Å². The highest BCUT2D eigenvalue weighted by molar-refractivity contribution is 6.01. The fraction of sp³-hybridized carbons (Fsp3) is 0.162. The molecule has 0 aliphatic heterocycles. The number of hydrogen-bond acceptors (Lipinski definition) is 4. The van der Waals surface area contributed by atoms with Crippen LogP contribution in [0.5, 0.6) is 0 Å². The lowest BCUT2D eigenvalue weighted by Crippen LogP contribution is -2.09. The summed E-state index contributed by atoms with van der Waals surface area (Å²) in [6.45, 7) is 4.99. The van der Waals surface area contributed by atoms with Crippen LogP contribution in [-0.2, 0) is 14.3 Å². The Morgan fingerprint density at radius 3 is 1.66 bits per heavy atom. The fourth-order valence-electron chi connectivity index (χ4n) is 5.97. The lowest BCUT2D eigenvalue weighted by Gasteiger charge is -2.25. The third-order valence-corrected chi connectivity index (χ3v) is 7.64. The zero-order chi connectivity index (χ0) is 28.3. The first-order chi connectivity index (χ1) is 20.1. The molecule has 2 aliphatic carbocycles. The van der Waals surface area contributed by atoms with Crippen LogP contribution in [-0.4, -0.2) is 24.1 Å². The maximum Gasteiger partial charge on any atom is 0.182 e. The van der Waals surface area contributed by atoms with Gasteiger partial charge >= 0.3 is 0 Å². The van der Waals surface area contributed by atoms with Crippen molar-refractivity contribution in [1.29, 1.82) is 0 Å². The van der Waals surface area contributed by atoms with Gasteiger partial charge in [-0.1, -0.05) is 84.9 Å². The Bertz CT molecular complexity index is 1790. The van der Waals surface area contributed by atoms with Gasteiger partial charge in [-0.25, -0.2) is 0 Å². The van der Waals surface area contributed by atoms with Gasteiger partial charge in [0.05, 0.1) is 25.0 Å². The second-order valence-corrected chi connectivity index (χ2v) is 10.2. The molecule has 0 radical (unpaired) electrons. The van der Waals surface area contributed by atoms with Crippen LogP contribution in [0, 0.1) is 0 Å². The number of ketones is 1. The van der Waals surface area contributed by atoms with Crippen molar-refractivity contribution in [2.45, 2.75) is 25.7 Å². The molecule has 4 aromatic carbocycles. The van der Waals surface area contributed by atoms with E-state index in [1.807, 2.05) is 50.3 Å². The molecule has 2 atom stereocenters. The van der Waals surface area contributed by atoms with Gasteiger partial charge in [-0.05, 0) is 82.0 Å². The number of ether oxygens (including phenoxy) is 2. The first-order valence-electron chi connectivity index (χ1n) is 14.1. The monoisotopic (exact) mass is 540 g/mol. The van der Waals surface area contributed by atoms with E-state index in [0.717, 1.165) is 44.5 Å². The van der Waals surface area contributed by atoms with Crippen LogP contribution in [0.4, 0.5) is 0 Å². The Labute approximate surface area is 240 Å². The standard InChI is InChI=1S/C37H32O4/c1-3-40-34-21-26-13-5-9-24-11-7-15-32(36(24)26)30(34)19-17-28(38)23-29(39)18-20-31-33-16-8-12-25-10-6-14-27(37(25)33)22-35(31)41-4-2/h5-23,30-31,38H,3-4H2,1-2H3/b19-17+,20-18+,28-23-. The van der Waals surface area contributed by atoms with Crippen LogP contribution in [0.1, 0.15) is 47.9 Å². The van der Waals surface area contributed by atoms with Crippen LogP contribution in [0.25, 0.3) is 33.7 Å². The molecular formula is C37H32O4. The Morgan fingerprint density at radius 2 is 1.17 bits per heavy atom. The Balaban J connectivity index is 1.26. The van der Waals surface area contributed by atoms with Gasteiger partial charge < -0.3 is 14.6 Å². The molecule has 0 aromatic heterocycles. The number of hydrogen-bond donors (Lipinski definition) is 1. The van der Waals surface area contributed by atoms with E-state index in [4.69, 9.17) is 9.47 Å². The SMILES string of the molecule is CCOC1=Cc2cccc3cccc(c23)C1/C=C/C(=O)/C=C(O)/C=C/C1C(OCC)=Cc2cccc3cccc1c23.